The fourth-order valence-electron chi connectivity index (χ4n) is 2.96. The van der Waals surface area contributed by atoms with Crippen molar-refractivity contribution in [2.75, 3.05) is 0 Å². The molecule has 0 bridgehead atoms. The molecule has 0 saturated carbocycles. The number of nitrogens with one attached hydrogen (secondary N) is 2. The number of carbonyl (C=O) groups excluding carboxylic acids is 1. The Morgan fingerprint density at radius 1 is 1.15 bits per heavy atom. The van der Waals surface area contributed by atoms with Crippen molar-refractivity contribution in [3.63, 3.8) is 0 Å². The van der Waals surface area contributed by atoms with E-state index < -0.39 is 5.91 Å². The van der Waals surface area contributed by atoms with Crippen molar-refractivity contribution in [2.45, 2.75) is 20.0 Å². The predicted octanol–water partition coefficient (Wildman–Crippen LogP) is 2.22. The number of hydrogen-bond donors (Lipinski definition) is 2. The minimum atomic E-state index is -0.511. The Morgan fingerprint density at radius 3 is 2.73 bits per heavy atom. The summed E-state index contributed by atoms with van der Waals surface area (Å²) in [4.78, 5) is 32.7. The molecule has 2 heterocycles. The minimum Gasteiger partial charge on any atom is -0.343 e. The molecule has 2 aromatic carbocycles. The summed E-state index contributed by atoms with van der Waals surface area (Å²) in [7, 11) is 0. The highest BCUT2D eigenvalue weighted by Crippen LogP contribution is 2.11. The lowest BCUT2D eigenvalue weighted by atomic mass is 10.2. The number of carbonyl (C=O) groups is 1. The van der Waals surface area contributed by atoms with Crippen molar-refractivity contribution >= 4 is 27.8 Å². The van der Waals surface area contributed by atoms with Crippen molar-refractivity contribution in [1.82, 2.24) is 25.1 Å². The third kappa shape index (κ3) is 2.73. The molecule has 0 aliphatic carbocycles. The summed E-state index contributed by atoms with van der Waals surface area (Å²) in [5.41, 5.74) is 1.96. The van der Waals surface area contributed by atoms with Crippen molar-refractivity contribution in [2.24, 2.45) is 0 Å². The van der Waals surface area contributed by atoms with Crippen molar-refractivity contribution in [3.05, 3.63) is 70.3 Å². The van der Waals surface area contributed by atoms with Gasteiger partial charge in [0.2, 0.25) is 5.43 Å². The van der Waals surface area contributed by atoms with Gasteiger partial charge >= 0.3 is 0 Å². The number of aryl methyl sites for hydroxylation is 1. The highest BCUT2D eigenvalue weighted by Gasteiger charge is 2.17. The molecule has 4 rings (SSSR count). The van der Waals surface area contributed by atoms with Crippen LogP contribution < -0.4 is 10.7 Å². The zero-order chi connectivity index (χ0) is 18.1. The van der Waals surface area contributed by atoms with Gasteiger partial charge in [-0.15, -0.1) is 0 Å². The fraction of sp³-hybridized carbons (Fsp3) is 0.158. The molecule has 2 N–H and O–H groups in total. The van der Waals surface area contributed by atoms with Crippen LogP contribution >= 0.6 is 0 Å². The van der Waals surface area contributed by atoms with Crippen molar-refractivity contribution in [3.8, 4) is 0 Å². The van der Waals surface area contributed by atoms with Crippen LogP contribution in [0.2, 0.25) is 0 Å². The molecule has 1 amide bonds. The first-order valence-electron chi connectivity index (χ1n) is 8.39. The first-order chi connectivity index (χ1) is 12.7. The number of benzene rings is 2. The average molecular weight is 347 g/mol. The van der Waals surface area contributed by atoms with E-state index in [0.29, 0.717) is 23.3 Å². The van der Waals surface area contributed by atoms with Gasteiger partial charge in [0, 0.05) is 11.9 Å². The lowest BCUT2D eigenvalue weighted by Gasteiger charge is -2.10. The number of rotatable bonds is 4. The average Bonchev–Trinajstić information content (AvgIpc) is 3.10. The second-order valence-electron chi connectivity index (χ2n) is 5.89. The highest BCUT2D eigenvalue weighted by atomic mass is 16.2. The topological polar surface area (TPSA) is 92.7 Å². The van der Waals surface area contributed by atoms with E-state index in [1.165, 1.54) is 0 Å². The van der Waals surface area contributed by atoms with Crippen LogP contribution in [-0.2, 0) is 13.1 Å². The Balaban J connectivity index is 1.63. The quantitative estimate of drug-likeness (QED) is 0.592. The molecule has 0 saturated heterocycles. The van der Waals surface area contributed by atoms with E-state index in [4.69, 9.17) is 0 Å². The van der Waals surface area contributed by atoms with Gasteiger partial charge in [0.25, 0.3) is 5.91 Å². The van der Waals surface area contributed by atoms with E-state index in [0.717, 1.165) is 11.0 Å². The Labute approximate surface area is 148 Å². The molecule has 0 spiro atoms. The molecule has 130 valence electrons. The molecule has 0 unspecified atom stereocenters. The fourth-order valence-corrected chi connectivity index (χ4v) is 2.96. The maximum Gasteiger partial charge on any atom is 0.276 e. The molecule has 4 aromatic rings. The number of imidazole rings is 1. The van der Waals surface area contributed by atoms with E-state index in [-0.39, 0.29) is 17.7 Å². The summed E-state index contributed by atoms with van der Waals surface area (Å²) in [6, 6.07) is 14.8. The Kier molecular flexibility index (Phi) is 3.96. The summed E-state index contributed by atoms with van der Waals surface area (Å²) in [6.45, 7) is 2.66. The van der Waals surface area contributed by atoms with Crippen molar-refractivity contribution < 1.29 is 4.79 Å². The van der Waals surface area contributed by atoms with Crippen LogP contribution in [0.15, 0.2) is 53.3 Å². The van der Waals surface area contributed by atoms with Crippen LogP contribution in [0, 0.1) is 0 Å². The number of amides is 1. The maximum absolute atomic E-state index is 12.6. The largest absolute Gasteiger partial charge is 0.343 e. The van der Waals surface area contributed by atoms with Gasteiger partial charge < -0.3 is 10.3 Å². The SMILES string of the molecule is CCn1nc(C(=O)NCc2nc3ccccc3[nH]2)c(=O)c2ccccc21. The number of hydrogen-bond acceptors (Lipinski definition) is 4. The Bertz CT molecular complexity index is 1140. The van der Waals surface area contributed by atoms with Gasteiger partial charge in [-0.1, -0.05) is 24.3 Å². The zero-order valence-corrected chi connectivity index (χ0v) is 14.2. The van der Waals surface area contributed by atoms with E-state index in [9.17, 15) is 9.59 Å². The van der Waals surface area contributed by atoms with E-state index in [2.05, 4.69) is 20.4 Å². The number of nitrogens with zero attached hydrogens (tertiary/aromatic N) is 3. The van der Waals surface area contributed by atoms with Gasteiger partial charge in [-0.2, -0.15) is 5.10 Å². The van der Waals surface area contributed by atoms with Gasteiger partial charge in [0.1, 0.15) is 5.82 Å². The number of H-pyrrole nitrogens is 1. The van der Waals surface area contributed by atoms with Gasteiger partial charge in [-0.3, -0.25) is 14.3 Å². The van der Waals surface area contributed by atoms with E-state index in [1.807, 2.05) is 43.3 Å². The molecule has 0 aliphatic rings. The van der Waals surface area contributed by atoms with Gasteiger partial charge in [0.05, 0.1) is 23.1 Å². The first kappa shape index (κ1) is 16.0. The molecule has 0 fully saturated rings. The lowest BCUT2D eigenvalue weighted by Crippen LogP contribution is -2.32. The van der Waals surface area contributed by atoms with Gasteiger partial charge in [-0.25, -0.2) is 4.98 Å². The summed E-state index contributed by atoms with van der Waals surface area (Å²) in [5, 5.41) is 7.44. The summed E-state index contributed by atoms with van der Waals surface area (Å²) < 4.78 is 1.66. The van der Waals surface area contributed by atoms with Gasteiger partial charge in [-0.05, 0) is 31.2 Å². The second-order valence-corrected chi connectivity index (χ2v) is 5.89. The first-order valence-corrected chi connectivity index (χ1v) is 8.39. The smallest absolute Gasteiger partial charge is 0.276 e. The van der Waals surface area contributed by atoms with Crippen LogP contribution in [0.3, 0.4) is 0 Å². The Hall–Kier alpha value is -3.48. The number of fused-ring (bicyclic) bond motifs is 2. The molecule has 0 radical (unpaired) electrons. The van der Waals surface area contributed by atoms with Crippen LogP contribution in [0.25, 0.3) is 21.9 Å². The second kappa shape index (κ2) is 6.44. The Morgan fingerprint density at radius 2 is 1.92 bits per heavy atom. The molecule has 7 heteroatoms. The predicted molar refractivity (Wildman–Crippen MR) is 98.9 cm³/mol. The molecule has 26 heavy (non-hydrogen) atoms. The zero-order valence-electron chi connectivity index (χ0n) is 14.2. The molecule has 0 aliphatic heterocycles. The van der Waals surface area contributed by atoms with Crippen LogP contribution in [0.1, 0.15) is 23.2 Å². The summed E-state index contributed by atoms with van der Waals surface area (Å²) in [5.74, 6) is 0.111. The molecule has 7 nitrogen and oxygen atoms in total. The number of aromatic nitrogens is 4. The maximum atomic E-state index is 12.6. The van der Waals surface area contributed by atoms with Crippen molar-refractivity contribution in [1.29, 1.82) is 0 Å². The molecule has 0 atom stereocenters. The van der Waals surface area contributed by atoms with E-state index >= 15 is 0 Å². The van der Waals surface area contributed by atoms with Crippen LogP contribution in [-0.4, -0.2) is 25.7 Å². The standard InChI is InChI=1S/C19H17N5O2/c1-2-24-15-10-6-3-7-12(15)18(25)17(23-24)19(26)20-11-16-21-13-8-4-5-9-14(13)22-16/h3-10H,2,11H2,1H3,(H,20,26)(H,21,22). The van der Waals surface area contributed by atoms with Crippen LogP contribution in [0.5, 0.6) is 0 Å². The molecular weight excluding hydrogens is 330 g/mol. The highest BCUT2D eigenvalue weighted by molar-refractivity contribution is 5.95. The molecule has 2 aromatic heterocycles. The van der Waals surface area contributed by atoms with Gasteiger partial charge in [0.15, 0.2) is 5.69 Å². The number of aromatic amines is 1. The molecular formula is C19H17N5O2. The third-order valence-electron chi connectivity index (χ3n) is 4.23. The summed E-state index contributed by atoms with van der Waals surface area (Å²) >= 11 is 0. The summed E-state index contributed by atoms with van der Waals surface area (Å²) in [6.07, 6.45) is 0. The van der Waals surface area contributed by atoms with E-state index in [1.54, 1.807) is 16.8 Å². The minimum absolute atomic E-state index is 0.110. The normalized spacial score (nSPS) is 11.1. The lowest BCUT2D eigenvalue weighted by molar-refractivity contribution is 0.0942. The van der Waals surface area contributed by atoms with Crippen LogP contribution in [0.4, 0.5) is 0 Å². The monoisotopic (exact) mass is 347 g/mol. The third-order valence-corrected chi connectivity index (χ3v) is 4.23. The number of para-hydroxylation sites is 3.